The van der Waals surface area contributed by atoms with Crippen LogP contribution in [0.1, 0.15) is 25.0 Å². The Bertz CT molecular complexity index is 3090. The van der Waals surface area contributed by atoms with Gasteiger partial charge in [-0.1, -0.05) is 159 Å². The number of hydrogen-bond acceptors (Lipinski definition) is 1. The summed E-state index contributed by atoms with van der Waals surface area (Å²) in [6.45, 7) is 4.73. The van der Waals surface area contributed by atoms with Gasteiger partial charge in [-0.2, -0.15) is 0 Å². The minimum absolute atomic E-state index is 0.139. The molecular weight excluding hydrogens is 665 g/mol. The second-order valence-electron chi connectivity index (χ2n) is 15.3. The first-order valence-corrected chi connectivity index (χ1v) is 19.2. The summed E-state index contributed by atoms with van der Waals surface area (Å²) in [5, 5.41) is 7.44. The molecule has 0 fully saturated rings. The number of nitrogens with zero attached hydrogens (tertiary/aromatic N) is 2. The third-order valence-corrected chi connectivity index (χ3v) is 12.0. The molecule has 0 aliphatic heterocycles. The number of para-hydroxylation sites is 2. The Morgan fingerprint density at radius 3 is 1.75 bits per heavy atom. The largest absolute Gasteiger partial charge is 0.310 e. The number of aromatic nitrogens is 1. The molecule has 0 radical (unpaired) electrons. The molecule has 0 bridgehead atoms. The van der Waals surface area contributed by atoms with E-state index in [1.807, 2.05) is 0 Å². The zero-order valence-corrected chi connectivity index (χ0v) is 30.9. The molecule has 0 N–H and O–H groups in total. The topological polar surface area (TPSA) is 8.17 Å². The summed E-state index contributed by atoms with van der Waals surface area (Å²) < 4.78 is 2.42. The molecule has 0 atom stereocenters. The third-order valence-electron chi connectivity index (χ3n) is 12.0. The summed E-state index contributed by atoms with van der Waals surface area (Å²) in [5.41, 5.74) is 14.6. The van der Waals surface area contributed by atoms with Gasteiger partial charge in [0.2, 0.25) is 0 Å². The Morgan fingerprint density at radius 1 is 0.400 bits per heavy atom. The number of rotatable bonds is 5. The van der Waals surface area contributed by atoms with Gasteiger partial charge in [-0.05, 0) is 97.9 Å². The van der Waals surface area contributed by atoms with Crippen molar-refractivity contribution in [1.82, 2.24) is 4.57 Å². The second-order valence-corrected chi connectivity index (χ2v) is 15.3. The van der Waals surface area contributed by atoms with Crippen molar-refractivity contribution >= 4 is 60.4 Å². The molecule has 0 saturated carbocycles. The molecular formula is C53H38N2. The molecule has 260 valence electrons. The molecule has 55 heavy (non-hydrogen) atoms. The molecule has 0 amide bonds. The van der Waals surface area contributed by atoms with Crippen molar-refractivity contribution < 1.29 is 0 Å². The summed E-state index contributed by atoms with van der Waals surface area (Å²) in [6.07, 6.45) is 0. The van der Waals surface area contributed by atoms with Crippen molar-refractivity contribution in [1.29, 1.82) is 0 Å². The quantitative estimate of drug-likeness (QED) is 0.173. The van der Waals surface area contributed by atoms with E-state index in [2.05, 4.69) is 217 Å². The smallest absolute Gasteiger partial charge is 0.0546 e. The van der Waals surface area contributed by atoms with Crippen LogP contribution in [-0.2, 0) is 5.41 Å². The van der Waals surface area contributed by atoms with E-state index in [-0.39, 0.29) is 5.41 Å². The van der Waals surface area contributed by atoms with E-state index in [9.17, 15) is 0 Å². The van der Waals surface area contributed by atoms with Gasteiger partial charge in [0.15, 0.2) is 0 Å². The Kier molecular flexibility index (Phi) is 6.93. The molecule has 1 aliphatic carbocycles. The molecule has 2 nitrogen and oxygen atoms in total. The van der Waals surface area contributed by atoms with Crippen LogP contribution < -0.4 is 4.90 Å². The van der Waals surface area contributed by atoms with Gasteiger partial charge in [0, 0.05) is 38.8 Å². The highest BCUT2D eigenvalue weighted by Gasteiger charge is 2.36. The van der Waals surface area contributed by atoms with Gasteiger partial charge in [-0.25, -0.2) is 0 Å². The van der Waals surface area contributed by atoms with Crippen LogP contribution in [0.25, 0.3) is 71.3 Å². The van der Waals surface area contributed by atoms with Crippen LogP contribution in [0.5, 0.6) is 0 Å². The van der Waals surface area contributed by atoms with Crippen molar-refractivity contribution in [2.45, 2.75) is 19.3 Å². The fourth-order valence-corrected chi connectivity index (χ4v) is 9.40. The summed E-state index contributed by atoms with van der Waals surface area (Å²) in [6, 6.07) is 71.6. The highest BCUT2D eigenvalue weighted by Crippen LogP contribution is 2.52. The van der Waals surface area contributed by atoms with Gasteiger partial charge in [0.25, 0.3) is 0 Å². The van der Waals surface area contributed by atoms with Crippen LogP contribution in [0.15, 0.2) is 194 Å². The van der Waals surface area contributed by atoms with Gasteiger partial charge in [-0.15, -0.1) is 0 Å². The minimum atomic E-state index is -0.139. The predicted octanol–water partition coefficient (Wildman–Crippen LogP) is 14.5. The lowest BCUT2D eigenvalue weighted by molar-refractivity contribution is 0.660. The van der Waals surface area contributed by atoms with Gasteiger partial charge in [0.05, 0.1) is 16.7 Å². The highest BCUT2D eigenvalue weighted by atomic mass is 15.1. The molecule has 1 heterocycles. The van der Waals surface area contributed by atoms with Crippen LogP contribution in [0.3, 0.4) is 0 Å². The SMILES string of the molecule is CC1(C)c2ccccc2-c2ccc(N(c3cccc(-n4c5ccccc5c5ccccc54)c3)c3ccc4ccccc4c3-c3cccc4ccccc34)cc21. The maximum atomic E-state index is 2.50. The summed E-state index contributed by atoms with van der Waals surface area (Å²) in [5.74, 6) is 0. The molecule has 11 rings (SSSR count). The highest BCUT2D eigenvalue weighted by molar-refractivity contribution is 6.12. The van der Waals surface area contributed by atoms with Gasteiger partial charge in [0.1, 0.15) is 0 Å². The van der Waals surface area contributed by atoms with E-state index in [4.69, 9.17) is 0 Å². The average Bonchev–Trinajstić information content (AvgIpc) is 3.69. The Morgan fingerprint density at radius 2 is 0.964 bits per heavy atom. The molecule has 1 aliphatic rings. The van der Waals surface area contributed by atoms with Crippen molar-refractivity contribution in [2.75, 3.05) is 4.90 Å². The van der Waals surface area contributed by atoms with Crippen LogP contribution in [0, 0.1) is 0 Å². The first kappa shape index (κ1) is 31.6. The Hall–Kier alpha value is -6.90. The molecule has 0 saturated heterocycles. The lowest BCUT2D eigenvalue weighted by Gasteiger charge is -2.31. The first-order chi connectivity index (χ1) is 27.1. The first-order valence-electron chi connectivity index (χ1n) is 19.2. The minimum Gasteiger partial charge on any atom is -0.310 e. The third kappa shape index (κ3) is 4.74. The average molecular weight is 703 g/mol. The number of benzene rings is 9. The maximum Gasteiger partial charge on any atom is 0.0546 e. The van der Waals surface area contributed by atoms with Crippen molar-refractivity contribution in [3.05, 3.63) is 205 Å². The zero-order valence-electron chi connectivity index (χ0n) is 30.9. The van der Waals surface area contributed by atoms with E-state index in [1.54, 1.807) is 0 Å². The summed E-state index contributed by atoms with van der Waals surface area (Å²) >= 11 is 0. The number of hydrogen-bond donors (Lipinski definition) is 0. The van der Waals surface area contributed by atoms with E-state index in [0.717, 1.165) is 22.7 Å². The molecule has 1 aromatic heterocycles. The fraction of sp³-hybridized carbons (Fsp3) is 0.0566. The van der Waals surface area contributed by atoms with Gasteiger partial charge >= 0.3 is 0 Å². The van der Waals surface area contributed by atoms with Crippen LogP contribution in [-0.4, -0.2) is 4.57 Å². The number of anilines is 3. The van der Waals surface area contributed by atoms with Gasteiger partial charge < -0.3 is 9.47 Å². The van der Waals surface area contributed by atoms with E-state index < -0.39 is 0 Å². The normalized spacial score (nSPS) is 13.1. The second kappa shape index (κ2) is 12.1. The van der Waals surface area contributed by atoms with E-state index >= 15 is 0 Å². The maximum absolute atomic E-state index is 2.50. The lowest BCUT2D eigenvalue weighted by Crippen LogP contribution is -2.17. The molecule has 2 heteroatoms. The predicted molar refractivity (Wildman–Crippen MR) is 233 cm³/mol. The Labute approximate surface area is 321 Å². The van der Waals surface area contributed by atoms with Crippen LogP contribution in [0.4, 0.5) is 17.1 Å². The molecule has 10 aromatic rings. The fourth-order valence-electron chi connectivity index (χ4n) is 9.40. The molecule has 9 aromatic carbocycles. The zero-order chi connectivity index (χ0) is 36.7. The Balaban J connectivity index is 1.21. The van der Waals surface area contributed by atoms with Crippen LogP contribution >= 0.6 is 0 Å². The molecule has 0 unspecified atom stereocenters. The summed E-state index contributed by atoms with van der Waals surface area (Å²) in [4.78, 5) is 2.50. The monoisotopic (exact) mass is 702 g/mol. The standard InChI is InChI=1S/C53H38N2/c1-53(2)47-26-10-7-22-42(47)43-31-30-39(34-48(43)53)54(37-18-14-19-38(33-37)55-49-27-11-8-23-44(49)45-24-9-12-28-50(45)55)51-32-29-36-16-4-6-21-41(36)52(51)46-25-13-17-35-15-3-5-20-40(35)46/h3-34H,1-2H3. The van der Waals surface area contributed by atoms with Crippen molar-refractivity contribution in [3.8, 4) is 27.9 Å². The number of fused-ring (bicyclic) bond motifs is 8. The van der Waals surface area contributed by atoms with E-state index in [0.29, 0.717) is 0 Å². The van der Waals surface area contributed by atoms with Crippen molar-refractivity contribution in [2.24, 2.45) is 0 Å². The van der Waals surface area contributed by atoms with E-state index in [1.165, 1.54) is 76.7 Å². The lowest BCUT2D eigenvalue weighted by atomic mass is 9.82. The van der Waals surface area contributed by atoms with Crippen molar-refractivity contribution in [3.63, 3.8) is 0 Å². The molecule has 0 spiro atoms. The van der Waals surface area contributed by atoms with Gasteiger partial charge in [-0.3, -0.25) is 0 Å². The summed E-state index contributed by atoms with van der Waals surface area (Å²) in [7, 11) is 0. The van der Waals surface area contributed by atoms with Crippen LogP contribution in [0.2, 0.25) is 0 Å².